The van der Waals surface area contributed by atoms with Crippen LogP contribution in [-0.2, 0) is 17.6 Å². The SMILES string of the molecule is COc1ccc2ncc(F)c(CCCN3CCN(CCCc4cccc(F)c4)C[C@@H]3C(=O)O)c2c1. The maximum absolute atomic E-state index is 14.6. The lowest BCUT2D eigenvalue weighted by Gasteiger charge is -2.39. The fraction of sp³-hybridized carbons (Fsp3) is 0.407. The number of methoxy groups -OCH3 is 1. The topological polar surface area (TPSA) is 65.9 Å². The van der Waals surface area contributed by atoms with Crippen LogP contribution in [0.15, 0.2) is 48.7 Å². The number of aryl methyl sites for hydroxylation is 2. The lowest BCUT2D eigenvalue weighted by atomic mass is 10.0. The molecule has 1 N–H and O–H groups in total. The number of carboxylic acid groups (broad SMARTS) is 1. The number of rotatable bonds is 10. The Labute approximate surface area is 204 Å². The van der Waals surface area contributed by atoms with Crippen molar-refractivity contribution in [2.75, 3.05) is 39.8 Å². The largest absolute Gasteiger partial charge is 0.497 e. The lowest BCUT2D eigenvalue weighted by molar-refractivity contribution is -0.145. The molecule has 0 radical (unpaired) electrons. The van der Waals surface area contributed by atoms with Crippen LogP contribution < -0.4 is 4.74 Å². The van der Waals surface area contributed by atoms with Crippen LogP contribution in [-0.4, -0.2) is 71.7 Å². The zero-order valence-electron chi connectivity index (χ0n) is 19.9. The molecule has 8 heteroatoms. The molecule has 0 aliphatic carbocycles. The summed E-state index contributed by atoms with van der Waals surface area (Å²) in [7, 11) is 1.57. The minimum absolute atomic E-state index is 0.235. The van der Waals surface area contributed by atoms with Gasteiger partial charge < -0.3 is 9.84 Å². The standard InChI is InChI=1S/C27H31F2N3O3/c1-35-21-9-10-25-23(16-21)22(24(29)17-30-25)8-4-12-32-14-13-31(18-26(32)27(33)34)11-3-6-19-5-2-7-20(28)15-19/h2,5,7,9-10,15-17,26H,3-4,6,8,11-14,18H2,1H3,(H,33,34)/t26-/m1/s1. The smallest absolute Gasteiger partial charge is 0.322 e. The molecule has 1 aliphatic heterocycles. The Morgan fingerprint density at radius 1 is 1.11 bits per heavy atom. The number of fused-ring (bicyclic) bond motifs is 1. The first-order valence-electron chi connectivity index (χ1n) is 12.0. The number of aromatic nitrogens is 1. The molecule has 1 aromatic heterocycles. The van der Waals surface area contributed by atoms with Crippen molar-refractivity contribution in [1.29, 1.82) is 0 Å². The molecule has 0 spiro atoms. The van der Waals surface area contributed by atoms with Gasteiger partial charge in [-0.1, -0.05) is 12.1 Å². The van der Waals surface area contributed by atoms with Crippen molar-refractivity contribution in [1.82, 2.24) is 14.8 Å². The first-order chi connectivity index (χ1) is 16.9. The monoisotopic (exact) mass is 483 g/mol. The molecule has 2 aromatic carbocycles. The highest BCUT2D eigenvalue weighted by Gasteiger charge is 2.31. The van der Waals surface area contributed by atoms with E-state index in [0.29, 0.717) is 49.3 Å². The number of hydrogen-bond acceptors (Lipinski definition) is 5. The van der Waals surface area contributed by atoms with Gasteiger partial charge in [0.25, 0.3) is 0 Å². The number of carboxylic acids is 1. The minimum atomic E-state index is -0.842. The van der Waals surface area contributed by atoms with Crippen molar-refractivity contribution in [3.05, 3.63) is 71.4 Å². The summed E-state index contributed by atoms with van der Waals surface area (Å²) in [5, 5.41) is 10.6. The van der Waals surface area contributed by atoms with E-state index in [4.69, 9.17) is 4.74 Å². The fourth-order valence-electron chi connectivity index (χ4n) is 4.82. The first kappa shape index (κ1) is 25.0. The summed E-state index contributed by atoms with van der Waals surface area (Å²) < 4.78 is 33.2. The number of aliphatic carboxylic acids is 1. The molecule has 6 nitrogen and oxygen atoms in total. The van der Waals surface area contributed by atoms with E-state index in [1.54, 1.807) is 31.4 Å². The molecule has 0 amide bonds. The van der Waals surface area contributed by atoms with Crippen molar-refractivity contribution >= 4 is 16.9 Å². The summed E-state index contributed by atoms with van der Waals surface area (Å²) in [6.07, 6.45) is 3.96. The second-order valence-corrected chi connectivity index (χ2v) is 9.00. The summed E-state index contributed by atoms with van der Waals surface area (Å²) in [6, 6.07) is 11.4. The molecule has 0 unspecified atom stereocenters. The Hall–Kier alpha value is -3.10. The van der Waals surface area contributed by atoms with Gasteiger partial charge in [0.1, 0.15) is 23.4 Å². The van der Waals surface area contributed by atoms with E-state index >= 15 is 0 Å². The second kappa shape index (κ2) is 11.6. The molecular formula is C27H31F2N3O3. The third-order valence-corrected chi connectivity index (χ3v) is 6.70. The summed E-state index contributed by atoms with van der Waals surface area (Å²) in [4.78, 5) is 20.3. The van der Waals surface area contributed by atoms with Gasteiger partial charge in [-0.25, -0.2) is 8.78 Å². The van der Waals surface area contributed by atoms with Gasteiger partial charge in [-0.15, -0.1) is 0 Å². The minimum Gasteiger partial charge on any atom is -0.497 e. The van der Waals surface area contributed by atoms with Crippen molar-refractivity contribution in [2.45, 2.75) is 31.7 Å². The van der Waals surface area contributed by atoms with E-state index in [-0.39, 0.29) is 11.6 Å². The molecule has 3 aromatic rings. The number of nitrogens with zero attached hydrogens (tertiary/aromatic N) is 3. The number of benzene rings is 2. The van der Waals surface area contributed by atoms with Crippen LogP contribution in [0.3, 0.4) is 0 Å². The highest BCUT2D eigenvalue weighted by Crippen LogP contribution is 2.26. The van der Waals surface area contributed by atoms with Crippen molar-refractivity contribution in [2.24, 2.45) is 0 Å². The Kier molecular flexibility index (Phi) is 8.25. The van der Waals surface area contributed by atoms with Crippen LogP contribution in [0.2, 0.25) is 0 Å². The number of halogens is 2. The number of piperazine rings is 1. The maximum Gasteiger partial charge on any atom is 0.322 e. The van der Waals surface area contributed by atoms with Crippen LogP contribution in [0.4, 0.5) is 8.78 Å². The van der Waals surface area contributed by atoms with Crippen LogP contribution in [0.25, 0.3) is 10.9 Å². The zero-order chi connectivity index (χ0) is 24.8. The predicted octanol–water partition coefficient (Wildman–Crippen LogP) is 4.16. The summed E-state index contributed by atoms with van der Waals surface area (Å²) in [6.45, 7) is 3.20. The molecule has 0 bridgehead atoms. The van der Waals surface area contributed by atoms with E-state index in [1.165, 1.54) is 12.3 Å². The van der Waals surface area contributed by atoms with Crippen LogP contribution in [0.5, 0.6) is 5.75 Å². The van der Waals surface area contributed by atoms with E-state index in [2.05, 4.69) is 9.88 Å². The molecule has 1 aliphatic rings. The van der Waals surface area contributed by atoms with Crippen LogP contribution in [0, 0.1) is 11.6 Å². The van der Waals surface area contributed by atoms with Gasteiger partial charge in [-0.2, -0.15) is 0 Å². The quantitative estimate of drug-likeness (QED) is 0.467. The van der Waals surface area contributed by atoms with Gasteiger partial charge in [0.05, 0.1) is 18.8 Å². The molecule has 1 fully saturated rings. The fourth-order valence-corrected chi connectivity index (χ4v) is 4.82. The number of hydrogen-bond donors (Lipinski definition) is 1. The van der Waals surface area contributed by atoms with Gasteiger partial charge in [0, 0.05) is 25.0 Å². The van der Waals surface area contributed by atoms with Crippen LogP contribution >= 0.6 is 0 Å². The molecule has 1 atom stereocenters. The van der Waals surface area contributed by atoms with Gasteiger partial charge in [-0.3, -0.25) is 19.6 Å². The Bertz CT molecular complexity index is 1170. The third-order valence-electron chi connectivity index (χ3n) is 6.70. The maximum atomic E-state index is 14.6. The van der Waals surface area contributed by atoms with E-state index in [0.717, 1.165) is 36.9 Å². The van der Waals surface area contributed by atoms with Gasteiger partial charge in [-0.05, 0) is 80.2 Å². The van der Waals surface area contributed by atoms with Gasteiger partial charge in [0.2, 0.25) is 0 Å². The highest BCUT2D eigenvalue weighted by molar-refractivity contribution is 5.83. The van der Waals surface area contributed by atoms with E-state index in [9.17, 15) is 18.7 Å². The number of ether oxygens (including phenoxy) is 1. The molecule has 0 saturated carbocycles. The van der Waals surface area contributed by atoms with Crippen molar-refractivity contribution in [3.8, 4) is 5.75 Å². The number of carbonyl (C=O) groups is 1. The van der Waals surface area contributed by atoms with Crippen LogP contribution in [0.1, 0.15) is 24.0 Å². The molecule has 35 heavy (non-hydrogen) atoms. The zero-order valence-corrected chi connectivity index (χ0v) is 19.9. The highest BCUT2D eigenvalue weighted by atomic mass is 19.1. The third kappa shape index (κ3) is 6.32. The molecule has 186 valence electrons. The van der Waals surface area contributed by atoms with Crippen molar-refractivity contribution < 1.29 is 23.4 Å². The second-order valence-electron chi connectivity index (χ2n) is 9.00. The van der Waals surface area contributed by atoms with Gasteiger partial charge in [0.15, 0.2) is 0 Å². The predicted molar refractivity (Wildman–Crippen MR) is 131 cm³/mol. The Balaban J connectivity index is 1.32. The van der Waals surface area contributed by atoms with Crippen molar-refractivity contribution in [3.63, 3.8) is 0 Å². The number of pyridine rings is 1. The van der Waals surface area contributed by atoms with E-state index < -0.39 is 12.0 Å². The Morgan fingerprint density at radius 3 is 2.71 bits per heavy atom. The summed E-state index contributed by atoms with van der Waals surface area (Å²) in [5.41, 5.74) is 2.24. The average molecular weight is 484 g/mol. The average Bonchev–Trinajstić information content (AvgIpc) is 2.85. The molecular weight excluding hydrogens is 452 g/mol. The summed E-state index contributed by atoms with van der Waals surface area (Å²) in [5.74, 6) is -0.791. The normalized spacial score (nSPS) is 17.1. The lowest BCUT2D eigenvalue weighted by Crippen LogP contribution is -2.56. The molecule has 4 rings (SSSR count). The molecule has 2 heterocycles. The summed E-state index contributed by atoms with van der Waals surface area (Å²) >= 11 is 0. The molecule has 1 saturated heterocycles. The van der Waals surface area contributed by atoms with E-state index in [1.807, 2.05) is 17.0 Å². The first-order valence-corrected chi connectivity index (χ1v) is 12.0. The Morgan fingerprint density at radius 2 is 1.94 bits per heavy atom. The van der Waals surface area contributed by atoms with Gasteiger partial charge >= 0.3 is 5.97 Å².